The van der Waals surface area contributed by atoms with Crippen LogP contribution in [0.5, 0.6) is 0 Å². The van der Waals surface area contributed by atoms with Gasteiger partial charge < -0.3 is 10.6 Å². The van der Waals surface area contributed by atoms with Gasteiger partial charge in [0.05, 0.1) is 0 Å². The monoisotopic (exact) mass is 262 g/mol. The summed E-state index contributed by atoms with van der Waals surface area (Å²) in [4.78, 5) is 12.1. The number of carbonyl (C=O) groups is 1. The van der Waals surface area contributed by atoms with Crippen molar-refractivity contribution in [2.75, 3.05) is 13.1 Å². The van der Waals surface area contributed by atoms with Gasteiger partial charge in [-0.3, -0.25) is 9.89 Å². The number of nitrogens with zero attached hydrogens (tertiary/aromatic N) is 1. The molecule has 0 unspecified atom stereocenters. The highest BCUT2D eigenvalue weighted by Crippen LogP contribution is 2.22. The van der Waals surface area contributed by atoms with Crippen LogP contribution in [0.3, 0.4) is 0 Å². The van der Waals surface area contributed by atoms with Crippen LogP contribution in [0.15, 0.2) is 6.07 Å². The van der Waals surface area contributed by atoms with Crippen molar-refractivity contribution in [1.29, 1.82) is 0 Å². The van der Waals surface area contributed by atoms with E-state index in [0.29, 0.717) is 17.7 Å². The molecular formula is C14H22N4O. The number of aromatic nitrogens is 2. The van der Waals surface area contributed by atoms with E-state index in [4.69, 9.17) is 0 Å². The van der Waals surface area contributed by atoms with E-state index >= 15 is 0 Å². The quantitative estimate of drug-likeness (QED) is 0.774. The first-order valence-corrected chi connectivity index (χ1v) is 7.40. The van der Waals surface area contributed by atoms with Crippen LogP contribution in [-0.4, -0.2) is 35.2 Å². The first-order valence-electron chi connectivity index (χ1n) is 7.40. The van der Waals surface area contributed by atoms with Gasteiger partial charge in [0.15, 0.2) is 0 Å². The van der Waals surface area contributed by atoms with E-state index in [1.807, 2.05) is 6.07 Å². The fourth-order valence-electron chi connectivity index (χ4n) is 3.11. The predicted octanol–water partition coefficient (Wildman–Crippen LogP) is 1.55. The second-order valence-electron chi connectivity index (χ2n) is 5.71. The second kappa shape index (κ2) is 5.74. The van der Waals surface area contributed by atoms with Crippen LogP contribution in [-0.2, 0) is 0 Å². The minimum atomic E-state index is -0.0295. The van der Waals surface area contributed by atoms with E-state index in [0.717, 1.165) is 31.6 Å². The van der Waals surface area contributed by atoms with Gasteiger partial charge >= 0.3 is 0 Å². The molecule has 104 valence electrons. The zero-order valence-electron chi connectivity index (χ0n) is 11.2. The van der Waals surface area contributed by atoms with E-state index in [1.54, 1.807) is 0 Å². The summed E-state index contributed by atoms with van der Waals surface area (Å²) in [6.45, 7) is 2.07. The van der Waals surface area contributed by atoms with E-state index < -0.39 is 0 Å². The van der Waals surface area contributed by atoms with Crippen LogP contribution in [0.2, 0.25) is 0 Å². The molecule has 1 aliphatic heterocycles. The molecule has 3 rings (SSSR count). The Balaban J connectivity index is 1.61. The van der Waals surface area contributed by atoms with Crippen LogP contribution in [0.1, 0.15) is 60.6 Å². The van der Waals surface area contributed by atoms with Gasteiger partial charge in [-0.1, -0.05) is 12.8 Å². The van der Waals surface area contributed by atoms with Crippen molar-refractivity contribution < 1.29 is 4.79 Å². The summed E-state index contributed by atoms with van der Waals surface area (Å²) in [6.07, 6.45) is 7.02. The van der Waals surface area contributed by atoms with Gasteiger partial charge in [0.2, 0.25) is 0 Å². The zero-order chi connectivity index (χ0) is 13.1. The van der Waals surface area contributed by atoms with Gasteiger partial charge in [-0.25, -0.2) is 0 Å². The third kappa shape index (κ3) is 2.97. The Morgan fingerprint density at radius 1 is 1.26 bits per heavy atom. The van der Waals surface area contributed by atoms with Gasteiger partial charge in [0, 0.05) is 24.2 Å². The topological polar surface area (TPSA) is 69.8 Å². The number of carbonyl (C=O) groups excluding carboxylic acids is 1. The highest BCUT2D eigenvalue weighted by atomic mass is 16.2. The molecule has 3 N–H and O–H groups in total. The molecule has 1 saturated heterocycles. The minimum Gasteiger partial charge on any atom is -0.348 e. The highest BCUT2D eigenvalue weighted by Gasteiger charge is 2.22. The SMILES string of the molecule is O=C(NC1CCCC1)c1cc([C@@H]2CCCNC2)[nH]n1. The molecule has 1 saturated carbocycles. The summed E-state index contributed by atoms with van der Waals surface area (Å²) >= 11 is 0. The third-order valence-electron chi connectivity index (χ3n) is 4.26. The minimum absolute atomic E-state index is 0.0295. The number of nitrogens with one attached hydrogen (secondary N) is 3. The van der Waals surface area contributed by atoms with Crippen LogP contribution in [0.25, 0.3) is 0 Å². The molecule has 1 aliphatic carbocycles. The first kappa shape index (κ1) is 12.7. The molecule has 2 aliphatic rings. The lowest BCUT2D eigenvalue weighted by molar-refractivity contribution is 0.0933. The molecule has 0 radical (unpaired) electrons. The average Bonchev–Trinajstić information content (AvgIpc) is 3.10. The number of piperidine rings is 1. The van der Waals surface area contributed by atoms with E-state index in [9.17, 15) is 4.79 Å². The number of hydrogen-bond donors (Lipinski definition) is 3. The maximum absolute atomic E-state index is 12.1. The molecule has 5 heteroatoms. The Morgan fingerprint density at radius 2 is 2.11 bits per heavy atom. The fraction of sp³-hybridized carbons (Fsp3) is 0.714. The second-order valence-corrected chi connectivity index (χ2v) is 5.71. The Bertz CT molecular complexity index is 430. The van der Waals surface area contributed by atoms with Crippen molar-refractivity contribution >= 4 is 5.91 Å². The summed E-state index contributed by atoms with van der Waals surface area (Å²) in [5.74, 6) is 0.437. The Hall–Kier alpha value is -1.36. The summed E-state index contributed by atoms with van der Waals surface area (Å²) in [5, 5.41) is 13.7. The number of rotatable bonds is 3. The molecule has 0 aromatic carbocycles. The predicted molar refractivity (Wildman–Crippen MR) is 73.2 cm³/mol. The molecule has 1 atom stereocenters. The van der Waals surface area contributed by atoms with Gasteiger partial charge in [-0.05, 0) is 38.3 Å². The molecule has 1 aromatic rings. The number of H-pyrrole nitrogens is 1. The van der Waals surface area contributed by atoms with Gasteiger partial charge in [-0.2, -0.15) is 5.10 Å². The Morgan fingerprint density at radius 3 is 2.84 bits per heavy atom. The van der Waals surface area contributed by atoms with Gasteiger partial charge in [0.1, 0.15) is 5.69 Å². The molecule has 0 spiro atoms. The summed E-state index contributed by atoms with van der Waals surface area (Å²) in [5.41, 5.74) is 1.62. The number of hydrogen-bond acceptors (Lipinski definition) is 3. The third-order valence-corrected chi connectivity index (χ3v) is 4.26. The molecule has 1 amide bonds. The van der Waals surface area contributed by atoms with Crippen LogP contribution in [0.4, 0.5) is 0 Å². The summed E-state index contributed by atoms with van der Waals surface area (Å²) in [7, 11) is 0. The van der Waals surface area contributed by atoms with Crippen LogP contribution in [0, 0.1) is 0 Å². The van der Waals surface area contributed by atoms with Crippen LogP contribution >= 0.6 is 0 Å². The number of amides is 1. The fourth-order valence-corrected chi connectivity index (χ4v) is 3.11. The zero-order valence-corrected chi connectivity index (χ0v) is 11.2. The van der Waals surface area contributed by atoms with Gasteiger partial charge in [0.25, 0.3) is 5.91 Å². The highest BCUT2D eigenvalue weighted by molar-refractivity contribution is 5.92. The first-order chi connectivity index (χ1) is 9.33. The lowest BCUT2D eigenvalue weighted by Gasteiger charge is -2.21. The van der Waals surface area contributed by atoms with Crippen molar-refractivity contribution in [1.82, 2.24) is 20.8 Å². The Kier molecular flexibility index (Phi) is 3.82. The molecule has 5 nitrogen and oxygen atoms in total. The molecule has 1 aromatic heterocycles. The smallest absolute Gasteiger partial charge is 0.271 e. The van der Waals surface area contributed by atoms with E-state index in [2.05, 4.69) is 20.8 Å². The van der Waals surface area contributed by atoms with Crippen molar-refractivity contribution in [2.24, 2.45) is 0 Å². The summed E-state index contributed by atoms with van der Waals surface area (Å²) in [6, 6.07) is 2.27. The standard InChI is InChI=1S/C14H22N4O/c19-14(16-11-5-1-2-6-11)13-8-12(17-18-13)10-4-3-7-15-9-10/h8,10-11,15H,1-7,9H2,(H,16,19)(H,17,18)/t10-/m1/s1. The average molecular weight is 262 g/mol. The van der Waals surface area contributed by atoms with E-state index in [-0.39, 0.29) is 5.91 Å². The lowest BCUT2D eigenvalue weighted by atomic mass is 9.96. The van der Waals surface area contributed by atoms with E-state index in [1.165, 1.54) is 25.7 Å². The maximum Gasteiger partial charge on any atom is 0.271 e. The summed E-state index contributed by atoms with van der Waals surface area (Å²) < 4.78 is 0. The largest absolute Gasteiger partial charge is 0.348 e. The molecule has 0 bridgehead atoms. The van der Waals surface area contributed by atoms with Gasteiger partial charge in [-0.15, -0.1) is 0 Å². The Labute approximate surface area is 113 Å². The maximum atomic E-state index is 12.1. The molecule has 2 fully saturated rings. The lowest BCUT2D eigenvalue weighted by Crippen LogP contribution is -2.32. The normalized spacial score (nSPS) is 24.5. The van der Waals surface area contributed by atoms with Crippen molar-refractivity contribution in [2.45, 2.75) is 50.5 Å². The van der Waals surface area contributed by atoms with Crippen LogP contribution < -0.4 is 10.6 Å². The van der Waals surface area contributed by atoms with Crippen molar-refractivity contribution in [3.8, 4) is 0 Å². The molecule has 2 heterocycles. The molecular weight excluding hydrogens is 240 g/mol. The number of aromatic amines is 1. The van der Waals surface area contributed by atoms with Crippen molar-refractivity contribution in [3.05, 3.63) is 17.5 Å². The van der Waals surface area contributed by atoms with Crippen molar-refractivity contribution in [3.63, 3.8) is 0 Å². The molecule has 19 heavy (non-hydrogen) atoms.